The summed E-state index contributed by atoms with van der Waals surface area (Å²) in [5.41, 5.74) is 0.626. The zero-order chi connectivity index (χ0) is 35.7. The summed E-state index contributed by atoms with van der Waals surface area (Å²) in [6.45, 7) is 4.92. The Morgan fingerprint density at radius 3 is 2.61 bits per heavy atom. The van der Waals surface area contributed by atoms with Gasteiger partial charge in [0.25, 0.3) is 5.56 Å². The molecule has 3 aromatic carbocycles. The van der Waals surface area contributed by atoms with E-state index < -0.39 is 28.6 Å². The zero-order valence-corrected chi connectivity index (χ0v) is 28.3. The Morgan fingerprint density at radius 1 is 1.04 bits per heavy atom. The number of carbonyl (C=O) groups is 1. The fourth-order valence-corrected chi connectivity index (χ4v) is 6.62. The van der Waals surface area contributed by atoms with Crippen molar-refractivity contribution in [1.82, 2.24) is 14.5 Å². The number of likely N-dealkylation sites (tertiary alicyclic amines) is 1. The molecule has 264 valence electrons. The molecule has 12 heteroatoms. The third-order valence-electron chi connectivity index (χ3n) is 9.21. The van der Waals surface area contributed by atoms with E-state index in [0.717, 1.165) is 25.9 Å². The molecule has 1 N–H and O–H groups in total. The second-order valence-corrected chi connectivity index (χ2v) is 13.1. The highest BCUT2D eigenvalue weighted by Crippen LogP contribution is 2.38. The number of fused-ring (bicyclic) bond motifs is 2. The molecule has 0 saturated carbocycles. The number of carbonyl (C=O) groups excluding carboxylic acids is 1. The molecule has 4 heterocycles. The van der Waals surface area contributed by atoms with Gasteiger partial charge in [0.05, 0.1) is 31.4 Å². The largest absolute Gasteiger partial charge is 0.493 e. The Balaban J connectivity index is 1.06. The summed E-state index contributed by atoms with van der Waals surface area (Å²) < 4.78 is 53.7. The van der Waals surface area contributed by atoms with Crippen molar-refractivity contribution in [3.05, 3.63) is 112 Å². The van der Waals surface area contributed by atoms with Gasteiger partial charge in [0.2, 0.25) is 0 Å². The molecule has 0 amide bonds. The molecule has 5 aromatic rings. The van der Waals surface area contributed by atoms with Crippen LogP contribution in [0.4, 0.5) is 8.78 Å². The number of methoxy groups -OCH3 is 1. The SMILES string of the molecule is COc1cc2c(Oc3ccc(CC(=O)c4c5c(cn(-c6ccc(F)cc6)c4=O)CCO5)cc3F)ccnc2cc1OCCCN1CCC(C)(O)C1. The number of Topliss-reactive ketones (excluding diaryl/α,β-unsaturated/α-hetero) is 1. The van der Waals surface area contributed by atoms with E-state index in [2.05, 4.69) is 9.88 Å². The number of aliphatic hydroxyl groups is 1. The van der Waals surface area contributed by atoms with Gasteiger partial charge in [0.1, 0.15) is 22.9 Å². The van der Waals surface area contributed by atoms with E-state index in [0.29, 0.717) is 71.1 Å². The molecule has 7 rings (SSSR count). The van der Waals surface area contributed by atoms with Gasteiger partial charge in [0.15, 0.2) is 28.8 Å². The summed E-state index contributed by atoms with van der Waals surface area (Å²) in [6.07, 6.45) is 4.93. The molecule has 2 aliphatic heterocycles. The van der Waals surface area contributed by atoms with Crippen molar-refractivity contribution >= 4 is 16.7 Å². The van der Waals surface area contributed by atoms with E-state index in [1.54, 1.807) is 36.7 Å². The number of β-amino-alcohol motifs (C(OH)–C–C–N with tert-alkyl or cyclic N) is 1. The van der Waals surface area contributed by atoms with Crippen molar-refractivity contribution in [3.63, 3.8) is 0 Å². The number of hydrogen-bond donors (Lipinski definition) is 1. The number of ether oxygens (including phenoxy) is 4. The van der Waals surface area contributed by atoms with Crippen LogP contribution in [0, 0.1) is 11.6 Å². The number of hydrogen-bond acceptors (Lipinski definition) is 9. The molecule has 2 aromatic heterocycles. The van der Waals surface area contributed by atoms with Crippen molar-refractivity contribution in [2.75, 3.05) is 40.0 Å². The van der Waals surface area contributed by atoms with Crippen LogP contribution in [0.5, 0.6) is 28.7 Å². The number of ketones is 1. The molecular weight excluding hydrogens is 660 g/mol. The first-order valence-corrected chi connectivity index (χ1v) is 16.8. The Hall–Kier alpha value is -5.33. The number of nitrogens with zero attached hydrogens (tertiary/aromatic N) is 3. The summed E-state index contributed by atoms with van der Waals surface area (Å²) in [6, 6.07) is 14.7. The Morgan fingerprint density at radius 2 is 1.86 bits per heavy atom. The van der Waals surface area contributed by atoms with Crippen molar-refractivity contribution in [3.8, 4) is 34.4 Å². The monoisotopic (exact) mass is 697 g/mol. The van der Waals surface area contributed by atoms with Gasteiger partial charge in [-0.3, -0.25) is 19.1 Å². The normalized spacial score (nSPS) is 17.0. The zero-order valence-electron chi connectivity index (χ0n) is 28.3. The van der Waals surface area contributed by atoms with Gasteiger partial charge < -0.3 is 29.0 Å². The minimum absolute atomic E-state index is 0.0681. The molecule has 0 radical (unpaired) electrons. The predicted molar refractivity (Wildman–Crippen MR) is 186 cm³/mol. The first-order chi connectivity index (χ1) is 24.6. The van der Waals surface area contributed by atoms with E-state index in [4.69, 9.17) is 18.9 Å². The molecule has 1 fully saturated rings. The first kappa shape index (κ1) is 34.1. The van der Waals surface area contributed by atoms with E-state index >= 15 is 4.39 Å². The Kier molecular flexibility index (Phi) is 9.45. The molecule has 1 unspecified atom stereocenters. The van der Waals surface area contributed by atoms with Crippen LogP contribution in [0.25, 0.3) is 16.6 Å². The summed E-state index contributed by atoms with van der Waals surface area (Å²) in [5, 5.41) is 10.8. The van der Waals surface area contributed by atoms with Crippen molar-refractivity contribution in [1.29, 1.82) is 0 Å². The highest BCUT2D eigenvalue weighted by molar-refractivity contribution is 6.00. The maximum Gasteiger partial charge on any atom is 0.269 e. The second kappa shape index (κ2) is 14.1. The number of pyridine rings is 2. The lowest BCUT2D eigenvalue weighted by Gasteiger charge is -2.19. The average molecular weight is 698 g/mol. The molecule has 0 aliphatic carbocycles. The van der Waals surface area contributed by atoms with E-state index in [9.17, 15) is 19.1 Å². The van der Waals surface area contributed by atoms with Crippen LogP contribution in [0.1, 0.15) is 41.3 Å². The fraction of sp³-hybridized carbons (Fsp3) is 0.308. The van der Waals surface area contributed by atoms with E-state index in [-0.39, 0.29) is 23.5 Å². The topological polar surface area (TPSA) is 112 Å². The minimum atomic E-state index is -0.699. The molecular formula is C39H37F2N3O7. The molecule has 1 atom stereocenters. The molecule has 2 aliphatic rings. The van der Waals surface area contributed by atoms with Gasteiger partial charge in [-0.15, -0.1) is 0 Å². The van der Waals surface area contributed by atoms with E-state index in [1.165, 1.54) is 48.1 Å². The van der Waals surface area contributed by atoms with Crippen LogP contribution in [-0.2, 0) is 12.8 Å². The van der Waals surface area contributed by atoms with Crippen molar-refractivity contribution in [2.45, 2.75) is 38.2 Å². The van der Waals surface area contributed by atoms with Gasteiger partial charge >= 0.3 is 0 Å². The van der Waals surface area contributed by atoms with Crippen LogP contribution >= 0.6 is 0 Å². The van der Waals surface area contributed by atoms with Gasteiger partial charge in [-0.2, -0.15) is 0 Å². The van der Waals surface area contributed by atoms with Gasteiger partial charge in [-0.1, -0.05) is 6.07 Å². The maximum atomic E-state index is 15.5. The average Bonchev–Trinajstić information content (AvgIpc) is 3.72. The standard InChI is InChI=1S/C39H37F2N3O7/c1-39(47)12-15-43(23-39)14-3-16-49-35-21-30-28(20-34(35)48-2)32(10-13-42-30)51-33-9-4-24(18-29(33)41)19-31(45)36-37-25(11-17-50-37)22-44(38(36)46)27-7-5-26(40)6-8-27/h4-10,13,18,20-22,47H,3,11-12,14-17,19,23H2,1-2H3. The highest BCUT2D eigenvalue weighted by Gasteiger charge is 2.31. The molecule has 0 bridgehead atoms. The number of aromatic nitrogens is 2. The molecule has 0 spiro atoms. The second-order valence-electron chi connectivity index (χ2n) is 13.1. The third-order valence-corrected chi connectivity index (χ3v) is 9.21. The van der Waals surface area contributed by atoms with Gasteiger partial charge in [-0.25, -0.2) is 8.78 Å². The molecule has 1 saturated heterocycles. The first-order valence-electron chi connectivity index (χ1n) is 16.8. The minimum Gasteiger partial charge on any atom is -0.493 e. The van der Waals surface area contributed by atoms with Crippen molar-refractivity contribution in [2.24, 2.45) is 0 Å². The quantitative estimate of drug-likeness (QED) is 0.123. The summed E-state index contributed by atoms with van der Waals surface area (Å²) >= 11 is 0. The number of rotatable bonds is 12. The highest BCUT2D eigenvalue weighted by atomic mass is 19.1. The lowest BCUT2D eigenvalue weighted by atomic mass is 10.0. The number of halogens is 2. The van der Waals surface area contributed by atoms with Crippen LogP contribution in [0.15, 0.2) is 77.9 Å². The van der Waals surface area contributed by atoms with Crippen LogP contribution in [-0.4, -0.2) is 70.9 Å². The lowest BCUT2D eigenvalue weighted by molar-refractivity contribution is 0.0681. The van der Waals surface area contributed by atoms with E-state index in [1.807, 2.05) is 6.92 Å². The van der Waals surface area contributed by atoms with Gasteiger partial charge in [-0.05, 0) is 73.9 Å². The number of benzene rings is 3. The maximum absolute atomic E-state index is 15.5. The van der Waals surface area contributed by atoms with Gasteiger partial charge in [0, 0.05) is 67.6 Å². The Bertz CT molecular complexity index is 2170. The fourth-order valence-electron chi connectivity index (χ4n) is 6.62. The summed E-state index contributed by atoms with van der Waals surface area (Å²) in [5.74, 6) is -0.194. The van der Waals surface area contributed by atoms with Crippen LogP contribution in [0.2, 0.25) is 0 Å². The molecule has 51 heavy (non-hydrogen) atoms. The van der Waals surface area contributed by atoms with Crippen LogP contribution in [0.3, 0.4) is 0 Å². The molecule has 10 nitrogen and oxygen atoms in total. The van der Waals surface area contributed by atoms with Crippen molar-refractivity contribution < 1.29 is 37.6 Å². The Labute approximate surface area is 292 Å². The van der Waals surface area contributed by atoms with Crippen LogP contribution < -0.4 is 24.5 Å². The summed E-state index contributed by atoms with van der Waals surface area (Å²) in [7, 11) is 1.53. The lowest BCUT2D eigenvalue weighted by Crippen LogP contribution is -2.30. The third kappa shape index (κ3) is 7.28. The predicted octanol–water partition coefficient (Wildman–Crippen LogP) is 6.05. The summed E-state index contributed by atoms with van der Waals surface area (Å²) in [4.78, 5) is 33.8. The smallest absolute Gasteiger partial charge is 0.269 e.